The highest BCUT2D eigenvalue weighted by molar-refractivity contribution is 5.94. The zero-order chi connectivity index (χ0) is 17.0. The Morgan fingerprint density at radius 2 is 1.91 bits per heavy atom. The maximum absolute atomic E-state index is 12.1. The Morgan fingerprint density at radius 3 is 2.43 bits per heavy atom. The van der Waals surface area contributed by atoms with E-state index < -0.39 is 6.10 Å². The van der Waals surface area contributed by atoms with Crippen molar-refractivity contribution in [3.05, 3.63) is 52.8 Å². The lowest BCUT2D eigenvalue weighted by molar-refractivity contribution is 0.0911. The van der Waals surface area contributed by atoms with Crippen molar-refractivity contribution >= 4 is 5.91 Å². The number of H-pyrrole nitrogens is 1. The van der Waals surface area contributed by atoms with Gasteiger partial charge in [0.1, 0.15) is 11.4 Å². The van der Waals surface area contributed by atoms with Gasteiger partial charge in [-0.25, -0.2) is 0 Å². The van der Waals surface area contributed by atoms with Crippen LogP contribution in [0.3, 0.4) is 0 Å². The standard InChI is InChI=1S/C18H24N2O3/c1-11(2)23-15-7-5-14(6-8-15)16(21)10-19-18(22)17-12(3)9-13(4)20-17/h5-9,11,16,20-21H,10H2,1-4H3,(H,19,22). The molecule has 5 nitrogen and oxygen atoms in total. The second-order valence-electron chi connectivity index (χ2n) is 5.97. The molecule has 1 heterocycles. The van der Waals surface area contributed by atoms with Crippen molar-refractivity contribution in [3.63, 3.8) is 0 Å². The van der Waals surface area contributed by atoms with Gasteiger partial charge in [-0.2, -0.15) is 0 Å². The number of hydrogen-bond donors (Lipinski definition) is 3. The molecule has 124 valence electrons. The molecule has 0 saturated heterocycles. The number of carbonyl (C=O) groups is 1. The van der Waals surface area contributed by atoms with Crippen molar-refractivity contribution in [2.24, 2.45) is 0 Å². The molecule has 23 heavy (non-hydrogen) atoms. The number of carbonyl (C=O) groups excluding carboxylic acids is 1. The van der Waals surface area contributed by atoms with Crippen LogP contribution >= 0.6 is 0 Å². The summed E-state index contributed by atoms with van der Waals surface area (Å²) in [5, 5.41) is 12.9. The van der Waals surface area contributed by atoms with E-state index >= 15 is 0 Å². The van der Waals surface area contributed by atoms with Gasteiger partial charge in [-0.05, 0) is 57.0 Å². The van der Waals surface area contributed by atoms with Crippen LogP contribution in [0.25, 0.3) is 0 Å². The van der Waals surface area contributed by atoms with Crippen LogP contribution in [0.4, 0.5) is 0 Å². The molecule has 0 saturated carbocycles. The van der Waals surface area contributed by atoms with Crippen LogP contribution in [0.1, 0.15) is 47.3 Å². The Balaban J connectivity index is 1.92. The van der Waals surface area contributed by atoms with Crippen LogP contribution in [-0.2, 0) is 0 Å². The molecule has 1 aromatic heterocycles. The highest BCUT2D eigenvalue weighted by Gasteiger charge is 2.14. The Bertz CT molecular complexity index is 659. The molecule has 3 N–H and O–H groups in total. The van der Waals surface area contributed by atoms with Gasteiger partial charge in [0.15, 0.2) is 0 Å². The summed E-state index contributed by atoms with van der Waals surface area (Å²) in [4.78, 5) is 15.1. The van der Waals surface area contributed by atoms with Crippen molar-refractivity contribution in [1.29, 1.82) is 0 Å². The summed E-state index contributed by atoms with van der Waals surface area (Å²) < 4.78 is 5.56. The summed E-state index contributed by atoms with van der Waals surface area (Å²) in [6.45, 7) is 7.85. The summed E-state index contributed by atoms with van der Waals surface area (Å²) in [6, 6.07) is 9.16. The molecular weight excluding hydrogens is 292 g/mol. The zero-order valence-electron chi connectivity index (χ0n) is 14.0. The SMILES string of the molecule is Cc1cc(C)c(C(=O)NCC(O)c2ccc(OC(C)C)cc2)[nH]1. The van der Waals surface area contributed by atoms with E-state index in [1.807, 2.05) is 45.9 Å². The lowest BCUT2D eigenvalue weighted by Gasteiger charge is -2.14. The van der Waals surface area contributed by atoms with Crippen LogP contribution < -0.4 is 10.1 Å². The van der Waals surface area contributed by atoms with Crippen LogP contribution in [-0.4, -0.2) is 28.6 Å². The van der Waals surface area contributed by atoms with Gasteiger partial charge < -0.3 is 20.1 Å². The fraction of sp³-hybridized carbons (Fsp3) is 0.389. The number of amides is 1. The largest absolute Gasteiger partial charge is 0.491 e. The number of aryl methyl sites for hydroxylation is 2. The van der Waals surface area contributed by atoms with E-state index in [0.29, 0.717) is 5.69 Å². The molecule has 0 spiro atoms. The number of hydrogen-bond acceptors (Lipinski definition) is 3. The van der Waals surface area contributed by atoms with Gasteiger partial charge in [-0.3, -0.25) is 4.79 Å². The first kappa shape index (κ1) is 17.1. The summed E-state index contributed by atoms with van der Waals surface area (Å²) in [5.74, 6) is 0.548. The highest BCUT2D eigenvalue weighted by Crippen LogP contribution is 2.18. The van der Waals surface area contributed by atoms with E-state index in [-0.39, 0.29) is 18.6 Å². The van der Waals surface area contributed by atoms with Gasteiger partial charge in [-0.15, -0.1) is 0 Å². The number of nitrogens with one attached hydrogen (secondary N) is 2. The van der Waals surface area contributed by atoms with Gasteiger partial charge in [-0.1, -0.05) is 12.1 Å². The number of aromatic amines is 1. The first-order valence-electron chi connectivity index (χ1n) is 7.76. The molecule has 5 heteroatoms. The molecule has 0 bridgehead atoms. The third-order valence-electron chi connectivity index (χ3n) is 3.47. The van der Waals surface area contributed by atoms with Crippen molar-refractivity contribution in [1.82, 2.24) is 10.3 Å². The molecule has 0 aliphatic carbocycles. The molecule has 2 aromatic rings. The molecule has 0 aliphatic heterocycles. The molecule has 0 aliphatic rings. The van der Waals surface area contributed by atoms with Crippen LogP contribution in [0.2, 0.25) is 0 Å². The molecule has 1 amide bonds. The number of aromatic nitrogens is 1. The fourth-order valence-corrected chi connectivity index (χ4v) is 2.40. The third-order valence-corrected chi connectivity index (χ3v) is 3.47. The van der Waals surface area contributed by atoms with Gasteiger partial charge in [0, 0.05) is 12.2 Å². The van der Waals surface area contributed by atoms with E-state index in [9.17, 15) is 9.90 Å². The number of ether oxygens (including phenoxy) is 1. The zero-order valence-corrected chi connectivity index (χ0v) is 14.0. The molecule has 0 radical (unpaired) electrons. The van der Waals surface area contributed by atoms with Crippen LogP contribution in [0, 0.1) is 13.8 Å². The molecule has 0 fully saturated rings. The van der Waals surface area contributed by atoms with E-state index in [1.165, 1.54) is 0 Å². The second kappa shape index (κ2) is 7.33. The van der Waals surface area contributed by atoms with Gasteiger partial charge in [0.2, 0.25) is 0 Å². The normalized spacial score (nSPS) is 12.3. The van der Waals surface area contributed by atoms with Gasteiger partial charge in [0.25, 0.3) is 5.91 Å². The highest BCUT2D eigenvalue weighted by atomic mass is 16.5. The minimum absolute atomic E-state index is 0.109. The Morgan fingerprint density at radius 1 is 1.26 bits per heavy atom. The first-order chi connectivity index (χ1) is 10.9. The number of benzene rings is 1. The quantitative estimate of drug-likeness (QED) is 0.767. The topological polar surface area (TPSA) is 74.3 Å². The third kappa shape index (κ3) is 4.60. The second-order valence-corrected chi connectivity index (χ2v) is 5.97. The molecule has 2 rings (SSSR count). The molecule has 1 unspecified atom stereocenters. The minimum atomic E-state index is -0.761. The van der Waals surface area contributed by atoms with Crippen molar-refractivity contribution in [2.75, 3.05) is 6.54 Å². The van der Waals surface area contributed by atoms with E-state index in [0.717, 1.165) is 22.6 Å². The number of aliphatic hydroxyl groups excluding tert-OH is 1. The van der Waals surface area contributed by atoms with E-state index in [2.05, 4.69) is 10.3 Å². The Hall–Kier alpha value is -2.27. The van der Waals surface area contributed by atoms with Crippen molar-refractivity contribution in [2.45, 2.75) is 39.9 Å². The monoisotopic (exact) mass is 316 g/mol. The molecule has 1 aromatic carbocycles. The summed E-state index contributed by atoms with van der Waals surface area (Å²) >= 11 is 0. The van der Waals surface area contributed by atoms with E-state index in [4.69, 9.17) is 4.74 Å². The molecule has 1 atom stereocenters. The van der Waals surface area contributed by atoms with Crippen molar-refractivity contribution < 1.29 is 14.6 Å². The van der Waals surface area contributed by atoms with Crippen LogP contribution in [0.5, 0.6) is 5.75 Å². The summed E-state index contributed by atoms with van der Waals surface area (Å²) in [7, 11) is 0. The lowest BCUT2D eigenvalue weighted by atomic mass is 10.1. The average molecular weight is 316 g/mol. The molecular formula is C18H24N2O3. The van der Waals surface area contributed by atoms with Crippen molar-refractivity contribution in [3.8, 4) is 5.75 Å². The Kier molecular flexibility index (Phi) is 5.45. The fourth-order valence-electron chi connectivity index (χ4n) is 2.40. The lowest BCUT2D eigenvalue weighted by Crippen LogP contribution is -2.29. The Labute approximate surface area is 136 Å². The van der Waals surface area contributed by atoms with E-state index in [1.54, 1.807) is 12.1 Å². The summed E-state index contributed by atoms with van der Waals surface area (Å²) in [6.07, 6.45) is -0.652. The predicted octanol–water partition coefficient (Wildman–Crippen LogP) is 2.88. The first-order valence-corrected chi connectivity index (χ1v) is 7.76. The maximum Gasteiger partial charge on any atom is 0.268 e. The maximum atomic E-state index is 12.1. The summed E-state index contributed by atoms with van der Waals surface area (Å²) in [5.41, 5.74) is 3.11. The number of aliphatic hydroxyl groups is 1. The smallest absolute Gasteiger partial charge is 0.268 e. The van der Waals surface area contributed by atoms with Gasteiger partial charge >= 0.3 is 0 Å². The minimum Gasteiger partial charge on any atom is -0.491 e. The predicted molar refractivity (Wildman–Crippen MR) is 89.8 cm³/mol. The average Bonchev–Trinajstić information content (AvgIpc) is 2.83. The van der Waals surface area contributed by atoms with Gasteiger partial charge in [0.05, 0.1) is 12.2 Å². The van der Waals surface area contributed by atoms with Crippen LogP contribution in [0.15, 0.2) is 30.3 Å². The number of rotatable bonds is 6.